The van der Waals surface area contributed by atoms with E-state index in [2.05, 4.69) is 92.8 Å². The summed E-state index contributed by atoms with van der Waals surface area (Å²) in [6.45, 7) is 22.0. The lowest BCUT2D eigenvalue weighted by Gasteiger charge is -2.57. The number of nitrogens with two attached hydrogens (primary N) is 1. The first-order valence-electron chi connectivity index (χ1n) is 32.1. The molecule has 10 aliphatic carbocycles. The number of unbranched alkanes of at least 4 members (excludes halogenated alkanes) is 6. The van der Waals surface area contributed by atoms with Crippen molar-refractivity contribution in [1.82, 2.24) is 5.32 Å². The number of aromatic hydroxyl groups is 2. The van der Waals surface area contributed by atoms with Crippen molar-refractivity contribution in [2.75, 3.05) is 0 Å². The second kappa shape index (κ2) is 22.3. The largest absolute Gasteiger partial charge is 0.508 e. The number of rotatable bonds is 15. The minimum atomic E-state index is -0.862. The van der Waals surface area contributed by atoms with E-state index in [0.717, 1.165) is 94.1 Å². The highest BCUT2D eigenvalue weighted by Gasteiger charge is 2.54. The standard InChI is InChI=1S/C35H51NO3.C25H36O4.C10H17N/c1-6-7-8-9-12-33(2,3)26-17-29(37)31-27-16-25(10-11-28(27)34(4,5)39-30(31)18-26)32(38)36-35-19-22-13-23(20-35)15-24(14-22)21-35;1-6-7-8-9-12-24(2,3)17-14-20(26)22-18-13-16(23(27)28)10-11-19(18)25(4,5)29-21(22)15-17;11-10-4-7-1-8(5-10)3-9(2-7)6-10/h10,17-18,22-24,27-28,37H,6-9,11-16,19-21H2,1-5H3,(H,36,38);10,14-15,18-19,26H,6-9,11-13H2,1-5H3,(H,27,28);7-9H,1-6,11H2/t22?,23?,24?,27-,28-,35?;18-,19-;/m11./s1. The Morgan fingerprint density at radius 3 is 1.34 bits per heavy atom. The Kier molecular flexibility index (Phi) is 16.4. The first-order valence-corrected chi connectivity index (χ1v) is 32.1. The van der Waals surface area contributed by atoms with Gasteiger partial charge in [0.05, 0.1) is 0 Å². The number of carbonyl (C=O) groups excluding carboxylic acids is 1. The number of aliphatic carboxylic acids is 1. The summed E-state index contributed by atoms with van der Waals surface area (Å²) in [7, 11) is 0. The molecule has 0 radical (unpaired) electrons. The quantitative estimate of drug-likeness (QED) is 0.111. The average molecular weight is 1090 g/mol. The number of carbonyl (C=O) groups is 2. The molecule has 8 fully saturated rings. The van der Waals surface area contributed by atoms with Crippen LogP contribution in [0.2, 0.25) is 0 Å². The van der Waals surface area contributed by atoms with Gasteiger partial charge in [-0.1, -0.05) is 105 Å². The van der Waals surface area contributed by atoms with Crippen LogP contribution in [-0.2, 0) is 20.4 Å². The summed E-state index contributed by atoms with van der Waals surface area (Å²) in [6, 6.07) is 8.16. The highest BCUT2D eigenvalue weighted by Crippen LogP contribution is 2.59. The van der Waals surface area contributed by atoms with Gasteiger partial charge in [0.2, 0.25) is 5.91 Å². The van der Waals surface area contributed by atoms with E-state index >= 15 is 0 Å². The maximum Gasteiger partial charge on any atom is 0.331 e. The molecular weight excluding hydrogens is 981 g/mol. The number of hydrogen-bond acceptors (Lipinski definition) is 7. The van der Waals surface area contributed by atoms with Crippen LogP contribution in [0.25, 0.3) is 0 Å². The Morgan fingerprint density at radius 2 is 0.962 bits per heavy atom. The second-order valence-electron chi connectivity index (χ2n) is 30.6. The molecule has 0 unspecified atom stereocenters. The smallest absolute Gasteiger partial charge is 0.331 e. The third kappa shape index (κ3) is 12.3. The van der Waals surface area contributed by atoms with Crippen molar-refractivity contribution in [2.45, 2.75) is 281 Å². The number of phenolic OH excluding ortho intramolecular Hbond substituents is 2. The van der Waals surface area contributed by atoms with Crippen molar-refractivity contribution in [3.63, 3.8) is 0 Å². The Hall–Kier alpha value is -3.98. The summed E-state index contributed by atoms with van der Waals surface area (Å²) in [5.74, 6) is 7.35. The summed E-state index contributed by atoms with van der Waals surface area (Å²) in [6.07, 6.45) is 34.8. The Bertz CT molecular complexity index is 2560. The van der Waals surface area contributed by atoms with Crippen molar-refractivity contribution in [3.8, 4) is 23.0 Å². The predicted molar refractivity (Wildman–Crippen MR) is 318 cm³/mol. The molecule has 14 rings (SSSR count). The first kappa shape index (κ1) is 58.2. The van der Waals surface area contributed by atoms with Gasteiger partial charge >= 0.3 is 5.97 Å². The van der Waals surface area contributed by atoms with E-state index in [1.165, 1.54) is 128 Å². The monoisotopic (exact) mass is 1080 g/mol. The van der Waals surface area contributed by atoms with Crippen LogP contribution in [0.3, 0.4) is 0 Å². The molecular formula is C70H104N2O7. The first-order chi connectivity index (χ1) is 37.3. The van der Waals surface area contributed by atoms with Crippen LogP contribution in [0.1, 0.15) is 270 Å². The van der Waals surface area contributed by atoms with E-state index in [-0.39, 0.29) is 57.3 Å². The number of nitrogens with one attached hydrogen (secondary N) is 1. The summed E-state index contributed by atoms with van der Waals surface area (Å²) < 4.78 is 13.1. The molecule has 9 heteroatoms. The number of phenols is 2. The number of benzene rings is 2. The van der Waals surface area contributed by atoms with E-state index < -0.39 is 11.6 Å². The number of hydrogen-bond donors (Lipinski definition) is 5. The van der Waals surface area contributed by atoms with Gasteiger partial charge in [0.15, 0.2) is 0 Å². The van der Waals surface area contributed by atoms with E-state index in [1.54, 1.807) is 0 Å². The molecule has 6 N–H and O–H groups in total. The van der Waals surface area contributed by atoms with Crippen LogP contribution < -0.4 is 20.5 Å². The van der Waals surface area contributed by atoms with Gasteiger partial charge < -0.3 is 35.8 Å². The molecule has 2 heterocycles. The fourth-order valence-corrected chi connectivity index (χ4v) is 19.0. The molecule has 79 heavy (non-hydrogen) atoms. The number of carboxylic acids is 1. The van der Waals surface area contributed by atoms with E-state index in [0.29, 0.717) is 36.1 Å². The number of allylic oxidation sites excluding steroid dienone is 2. The van der Waals surface area contributed by atoms with Crippen LogP contribution in [0.15, 0.2) is 47.6 Å². The Labute approximate surface area is 476 Å². The van der Waals surface area contributed by atoms with Gasteiger partial charge in [-0.05, 0) is 225 Å². The zero-order valence-corrected chi connectivity index (χ0v) is 50.7. The summed E-state index contributed by atoms with van der Waals surface area (Å²) in [5, 5.41) is 35.5. The lowest BCUT2D eigenvalue weighted by molar-refractivity contribution is -0.133. The lowest BCUT2D eigenvalue weighted by atomic mass is 9.53. The molecule has 2 aliphatic heterocycles. The highest BCUT2D eigenvalue weighted by atomic mass is 16.5. The molecule has 0 saturated heterocycles. The van der Waals surface area contributed by atoms with Gasteiger partial charge in [-0.3, -0.25) is 4.79 Å². The van der Waals surface area contributed by atoms with E-state index in [4.69, 9.17) is 15.2 Å². The van der Waals surface area contributed by atoms with E-state index in [1.807, 2.05) is 18.2 Å². The second-order valence-corrected chi connectivity index (χ2v) is 30.6. The van der Waals surface area contributed by atoms with Gasteiger partial charge in [-0.15, -0.1) is 0 Å². The SMILES string of the molecule is CCCCCCC(C)(C)c1cc(O)c2c(c1)OC(C)(C)[C@@H]1CC=C(C(=O)NC34CC5CC(CC(C5)C3)C4)C[C@@H]21.CCCCCCC(C)(C)c1cc(O)c2c(c1)OC(C)(C)[C@@H]1CC=C(C(=O)O)C[C@@H]21.NC12CC3CC(CC(C3)C1)C2. The zero-order chi connectivity index (χ0) is 56.5. The molecule has 0 aromatic heterocycles. The van der Waals surface area contributed by atoms with Gasteiger partial charge in [-0.2, -0.15) is 0 Å². The van der Waals surface area contributed by atoms with Crippen LogP contribution in [-0.4, -0.2) is 49.5 Å². The van der Waals surface area contributed by atoms with Crippen molar-refractivity contribution in [2.24, 2.45) is 53.1 Å². The van der Waals surface area contributed by atoms with Crippen LogP contribution in [0.4, 0.5) is 0 Å². The predicted octanol–water partition coefficient (Wildman–Crippen LogP) is 16.5. The number of amides is 1. The summed E-state index contributed by atoms with van der Waals surface area (Å²) in [5.41, 5.74) is 11.1. The Morgan fingerprint density at radius 1 is 0.582 bits per heavy atom. The number of carboxylic acid groups (broad SMARTS) is 1. The highest BCUT2D eigenvalue weighted by molar-refractivity contribution is 5.94. The van der Waals surface area contributed by atoms with Crippen molar-refractivity contribution in [1.29, 1.82) is 0 Å². The topological polar surface area (TPSA) is 151 Å². The maximum absolute atomic E-state index is 13.8. The van der Waals surface area contributed by atoms with Crippen LogP contribution >= 0.6 is 0 Å². The van der Waals surface area contributed by atoms with Crippen LogP contribution in [0.5, 0.6) is 23.0 Å². The zero-order valence-electron chi connectivity index (χ0n) is 50.7. The Balaban J connectivity index is 0.000000153. The van der Waals surface area contributed by atoms with Crippen molar-refractivity contribution < 1.29 is 34.4 Å². The van der Waals surface area contributed by atoms with Gasteiger partial charge in [0, 0.05) is 57.0 Å². The maximum atomic E-state index is 13.8. The summed E-state index contributed by atoms with van der Waals surface area (Å²) >= 11 is 0. The molecule has 0 spiro atoms. The minimum absolute atomic E-state index is 0.0239. The van der Waals surface area contributed by atoms with Gasteiger partial charge in [0.25, 0.3) is 0 Å². The minimum Gasteiger partial charge on any atom is -0.508 e. The number of fused-ring (bicyclic) bond motifs is 6. The molecule has 12 aliphatic rings. The third-order valence-electron chi connectivity index (χ3n) is 22.5. The molecule has 1 amide bonds. The normalized spacial score (nSPS) is 33.6. The number of ether oxygens (including phenoxy) is 2. The molecule has 436 valence electrons. The van der Waals surface area contributed by atoms with Crippen molar-refractivity contribution >= 4 is 11.9 Å². The van der Waals surface area contributed by atoms with Crippen LogP contribution in [0, 0.1) is 47.3 Å². The van der Waals surface area contributed by atoms with Crippen molar-refractivity contribution in [3.05, 3.63) is 69.8 Å². The average Bonchev–Trinajstić information content (AvgIpc) is 3.57. The third-order valence-corrected chi connectivity index (χ3v) is 22.5. The van der Waals surface area contributed by atoms with Gasteiger partial charge in [0.1, 0.15) is 34.2 Å². The lowest BCUT2D eigenvalue weighted by Crippen LogP contribution is -2.60. The molecule has 8 saturated carbocycles. The molecule has 8 bridgehead atoms. The molecule has 9 nitrogen and oxygen atoms in total. The molecule has 2 aromatic carbocycles. The molecule has 2 aromatic rings. The fourth-order valence-electron chi connectivity index (χ4n) is 19.0. The molecule has 4 atom stereocenters. The fraction of sp³-hybridized carbons (Fsp3) is 0.743. The summed E-state index contributed by atoms with van der Waals surface area (Å²) in [4.78, 5) is 25.3. The van der Waals surface area contributed by atoms with Gasteiger partial charge in [-0.25, -0.2) is 4.79 Å². The van der Waals surface area contributed by atoms with E-state index in [9.17, 15) is 24.9 Å².